The van der Waals surface area contributed by atoms with E-state index in [1.54, 1.807) is 4.90 Å². The van der Waals surface area contributed by atoms with Crippen LogP contribution >= 0.6 is 0 Å². The highest BCUT2D eigenvalue weighted by Crippen LogP contribution is 2.45. The highest BCUT2D eigenvalue weighted by Gasteiger charge is 2.31. The van der Waals surface area contributed by atoms with Crippen LogP contribution in [0.4, 0.5) is 10.5 Å². The van der Waals surface area contributed by atoms with Crippen LogP contribution in [0.5, 0.6) is 0 Å². The number of rotatable bonds is 4. The Kier molecular flexibility index (Phi) is 5.63. The van der Waals surface area contributed by atoms with Gasteiger partial charge in [0.25, 0.3) is 0 Å². The molecule has 1 aromatic rings. The largest absolute Gasteiger partial charge is 0.462 e. The van der Waals surface area contributed by atoms with Gasteiger partial charge in [0, 0.05) is 31.9 Å². The Labute approximate surface area is 161 Å². The lowest BCUT2D eigenvalue weighted by Crippen LogP contribution is -2.50. The van der Waals surface area contributed by atoms with Crippen LogP contribution in [0.1, 0.15) is 62.4 Å². The quantitative estimate of drug-likeness (QED) is 0.750. The molecule has 0 N–H and O–H groups in total. The van der Waals surface area contributed by atoms with Crippen molar-refractivity contribution in [2.24, 2.45) is 0 Å². The molecule has 27 heavy (non-hydrogen) atoms. The lowest BCUT2D eigenvalue weighted by Gasteiger charge is -2.37. The number of ether oxygens (including phenoxy) is 2. The van der Waals surface area contributed by atoms with Gasteiger partial charge in [0.05, 0.1) is 12.2 Å². The van der Waals surface area contributed by atoms with E-state index in [1.807, 2.05) is 45.9 Å². The fourth-order valence-corrected chi connectivity index (χ4v) is 3.36. The molecule has 1 aromatic carbocycles. The van der Waals surface area contributed by atoms with Crippen molar-refractivity contribution in [3.8, 4) is 0 Å². The van der Waals surface area contributed by atoms with Crippen LogP contribution in [-0.4, -0.2) is 55.3 Å². The van der Waals surface area contributed by atoms with Gasteiger partial charge in [-0.05, 0) is 70.2 Å². The first-order valence-electron chi connectivity index (χ1n) is 9.82. The average Bonchev–Trinajstić information content (AvgIpc) is 3.45. The summed E-state index contributed by atoms with van der Waals surface area (Å²) in [7, 11) is 0. The molecule has 2 fully saturated rings. The molecule has 1 aliphatic carbocycles. The molecule has 0 unspecified atom stereocenters. The second-order valence-corrected chi connectivity index (χ2v) is 8.22. The summed E-state index contributed by atoms with van der Waals surface area (Å²) < 4.78 is 10.6. The number of amides is 1. The van der Waals surface area contributed by atoms with Crippen LogP contribution in [0.25, 0.3) is 0 Å². The molecule has 1 saturated carbocycles. The third-order valence-electron chi connectivity index (χ3n) is 4.83. The van der Waals surface area contributed by atoms with Gasteiger partial charge < -0.3 is 19.3 Å². The molecule has 0 radical (unpaired) electrons. The fraction of sp³-hybridized carbons (Fsp3) is 0.619. The van der Waals surface area contributed by atoms with Gasteiger partial charge in [-0.15, -0.1) is 0 Å². The number of nitrogens with zero attached hydrogens (tertiary/aromatic N) is 2. The SMILES string of the molecule is CCOC(=O)c1ccc(N2CCN(C(=O)OC(C)(C)C)CC2)c(C2CC2)c1. The zero-order valence-corrected chi connectivity index (χ0v) is 16.8. The maximum Gasteiger partial charge on any atom is 0.410 e. The monoisotopic (exact) mass is 374 g/mol. The second-order valence-electron chi connectivity index (χ2n) is 8.22. The number of piperazine rings is 1. The minimum Gasteiger partial charge on any atom is -0.462 e. The minimum absolute atomic E-state index is 0.248. The number of benzene rings is 1. The lowest BCUT2D eigenvalue weighted by molar-refractivity contribution is 0.0240. The average molecular weight is 374 g/mol. The predicted octanol–water partition coefficient (Wildman–Crippen LogP) is 3.80. The molecule has 1 saturated heterocycles. The Morgan fingerprint density at radius 1 is 1.11 bits per heavy atom. The standard InChI is InChI=1S/C21H30N2O4/c1-5-26-19(24)16-8-9-18(17(14-16)15-6-7-15)22-10-12-23(13-11-22)20(25)27-21(2,3)4/h8-9,14-15H,5-7,10-13H2,1-4H3. The summed E-state index contributed by atoms with van der Waals surface area (Å²) in [5, 5.41) is 0. The van der Waals surface area contributed by atoms with Crippen molar-refractivity contribution < 1.29 is 19.1 Å². The normalized spacial score (nSPS) is 17.6. The van der Waals surface area contributed by atoms with E-state index in [0.29, 0.717) is 31.2 Å². The minimum atomic E-state index is -0.476. The van der Waals surface area contributed by atoms with Crippen molar-refractivity contribution in [1.82, 2.24) is 4.90 Å². The van der Waals surface area contributed by atoms with Gasteiger partial charge in [-0.2, -0.15) is 0 Å². The van der Waals surface area contributed by atoms with E-state index in [1.165, 1.54) is 11.3 Å². The molecule has 1 amide bonds. The first-order valence-corrected chi connectivity index (χ1v) is 9.82. The van der Waals surface area contributed by atoms with E-state index in [-0.39, 0.29) is 12.1 Å². The first kappa shape index (κ1) is 19.5. The summed E-state index contributed by atoms with van der Waals surface area (Å²) >= 11 is 0. The van der Waals surface area contributed by atoms with E-state index >= 15 is 0 Å². The molecular weight excluding hydrogens is 344 g/mol. The van der Waals surface area contributed by atoms with Crippen LogP contribution < -0.4 is 4.90 Å². The van der Waals surface area contributed by atoms with Crippen molar-refractivity contribution in [3.63, 3.8) is 0 Å². The molecule has 6 nitrogen and oxygen atoms in total. The van der Waals surface area contributed by atoms with Crippen LogP contribution in [-0.2, 0) is 9.47 Å². The fourth-order valence-electron chi connectivity index (χ4n) is 3.36. The zero-order valence-electron chi connectivity index (χ0n) is 16.8. The Bertz CT molecular complexity index is 699. The van der Waals surface area contributed by atoms with Gasteiger partial charge in [0.2, 0.25) is 0 Å². The number of esters is 1. The number of hydrogen-bond acceptors (Lipinski definition) is 5. The van der Waals surface area contributed by atoms with Gasteiger partial charge in [-0.1, -0.05) is 0 Å². The molecule has 0 spiro atoms. The van der Waals surface area contributed by atoms with Gasteiger partial charge in [0.1, 0.15) is 5.60 Å². The molecule has 1 aliphatic heterocycles. The number of anilines is 1. The Balaban J connectivity index is 1.69. The zero-order chi connectivity index (χ0) is 19.6. The van der Waals surface area contributed by atoms with Crippen LogP contribution in [0.3, 0.4) is 0 Å². The summed E-state index contributed by atoms with van der Waals surface area (Å²) in [6, 6.07) is 5.87. The highest BCUT2D eigenvalue weighted by atomic mass is 16.6. The second kappa shape index (κ2) is 7.79. The first-order chi connectivity index (χ1) is 12.8. The molecule has 0 bridgehead atoms. The van der Waals surface area contributed by atoms with Crippen molar-refractivity contribution in [1.29, 1.82) is 0 Å². The van der Waals surface area contributed by atoms with Crippen LogP contribution in [0.15, 0.2) is 18.2 Å². The third-order valence-corrected chi connectivity index (χ3v) is 4.83. The third kappa shape index (κ3) is 4.93. The Morgan fingerprint density at radius 3 is 2.33 bits per heavy atom. The van der Waals surface area contributed by atoms with Crippen molar-refractivity contribution in [2.45, 2.75) is 52.1 Å². The van der Waals surface area contributed by atoms with E-state index in [0.717, 1.165) is 25.9 Å². The van der Waals surface area contributed by atoms with Crippen LogP contribution in [0, 0.1) is 0 Å². The Morgan fingerprint density at radius 2 is 1.78 bits per heavy atom. The molecule has 2 aliphatic rings. The van der Waals surface area contributed by atoms with Gasteiger partial charge >= 0.3 is 12.1 Å². The highest BCUT2D eigenvalue weighted by molar-refractivity contribution is 5.90. The van der Waals surface area contributed by atoms with Gasteiger partial charge in [-0.3, -0.25) is 0 Å². The molecule has 1 heterocycles. The summed E-state index contributed by atoms with van der Waals surface area (Å²) in [5.41, 5.74) is 2.55. The maximum absolute atomic E-state index is 12.3. The lowest BCUT2D eigenvalue weighted by atomic mass is 10.0. The van der Waals surface area contributed by atoms with E-state index in [4.69, 9.17) is 9.47 Å². The molecule has 0 atom stereocenters. The van der Waals surface area contributed by atoms with Gasteiger partial charge in [0.15, 0.2) is 0 Å². The number of hydrogen-bond donors (Lipinski definition) is 0. The summed E-state index contributed by atoms with van der Waals surface area (Å²) in [6.45, 7) is 10.6. The van der Waals surface area contributed by atoms with Gasteiger partial charge in [-0.25, -0.2) is 9.59 Å². The van der Waals surface area contributed by atoms with Crippen LogP contribution in [0.2, 0.25) is 0 Å². The van der Waals surface area contributed by atoms with E-state index in [9.17, 15) is 9.59 Å². The molecular formula is C21H30N2O4. The summed E-state index contributed by atoms with van der Waals surface area (Å²) in [4.78, 5) is 28.4. The van der Waals surface area contributed by atoms with E-state index in [2.05, 4.69) is 4.90 Å². The summed E-state index contributed by atoms with van der Waals surface area (Å²) in [5.74, 6) is 0.263. The topological polar surface area (TPSA) is 59.1 Å². The smallest absolute Gasteiger partial charge is 0.410 e. The number of carbonyl (C=O) groups excluding carboxylic acids is 2. The molecule has 0 aromatic heterocycles. The summed E-state index contributed by atoms with van der Waals surface area (Å²) in [6.07, 6.45) is 2.08. The van der Waals surface area contributed by atoms with Crippen molar-refractivity contribution in [3.05, 3.63) is 29.3 Å². The molecule has 3 rings (SSSR count). The Hall–Kier alpha value is -2.24. The predicted molar refractivity (Wildman–Crippen MR) is 104 cm³/mol. The van der Waals surface area contributed by atoms with Crippen molar-refractivity contribution in [2.75, 3.05) is 37.7 Å². The number of carbonyl (C=O) groups is 2. The molecule has 6 heteroatoms. The van der Waals surface area contributed by atoms with E-state index < -0.39 is 5.60 Å². The van der Waals surface area contributed by atoms with Crippen molar-refractivity contribution >= 4 is 17.7 Å². The maximum atomic E-state index is 12.3. The molecule has 148 valence electrons.